The van der Waals surface area contributed by atoms with E-state index >= 15 is 0 Å². The minimum Gasteiger partial charge on any atom is -0.492 e. The number of ether oxygens (including phenoxy) is 3. The summed E-state index contributed by atoms with van der Waals surface area (Å²) < 4.78 is 16.8. The molecule has 0 saturated carbocycles. The average Bonchev–Trinajstić information content (AvgIpc) is 3.10. The van der Waals surface area contributed by atoms with Gasteiger partial charge < -0.3 is 24.4 Å². The first kappa shape index (κ1) is 16.7. The van der Waals surface area contributed by atoms with Gasteiger partial charge in [0.25, 0.3) is 5.91 Å². The summed E-state index contributed by atoms with van der Waals surface area (Å²) in [7, 11) is 3.65. The lowest BCUT2D eigenvalue weighted by Gasteiger charge is -2.32. The van der Waals surface area contributed by atoms with Crippen molar-refractivity contribution in [3.63, 3.8) is 0 Å². The second kappa shape index (κ2) is 6.53. The third-order valence-electron chi connectivity index (χ3n) is 5.18. The van der Waals surface area contributed by atoms with Crippen LogP contribution in [0.5, 0.6) is 17.2 Å². The molecule has 4 rings (SSSR count). The van der Waals surface area contributed by atoms with E-state index in [-0.39, 0.29) is 18.7 Å². The van der Waals surface area contributed by atoms with Crippen LogP contribution in [0.3, 0.4) is 0 Å². The largest absolute Gasteiger partial charge is 0.492 e. The van der Waals surface area contributed by atoms with Crippen LogP contribution in [0.15, 0.2) is 30.3 Å². The Morgan fingerprint density at radius 3 is 2.88 bits per heavy atom. The van der Waals surface area contributed by atoms with E-state index in [1.807, 2.05) is 44.3 Å². The smallest absolute Gasteiger partial charge is 0.287 e. The fraction of sp³-hybridized carbons (Fsp3) is 0.350. The fourth-order valence-corrected chi connectivity index (χ4v) is 3.80. The summed E-state index contributed by atoms with van der Waals surface area (Å²) in [5.74, 6) is 1.85. The molecule has 2 aromatic rings. The highest BCUT2D eigenvalue weighted by Crippen LogP contribution is 2.47. The summed E-state index contributed by atoms with van der Waals surface area (Å²) in [6.07, 6.45) is 0.863. The molecule has 1 unspecified atom stereocenters. The number of fused-ring (bicyclic) bond motifs is 2. The lowest BCUT2D eigenvalue weighted by Crippen LogP contribution is -3.11. The first-order valence-electron chi connectivity index (χ1n) is 8.78. The number of aryl methyl sites for hydroxylation is 1. The lowest BCUT2D eigenvalue weighted by atomic mass is 9.90. The second-order valence-electron chi connectivity index (χ2n) is 6.80. The molecule has 2 N–H and O–H groups in total. The molecule has 6 nitrogen and oxygen atoms in total. The van der Waals surface area contributed by atoms with Gasteiger partial charge in [0.1, 0.15) is 0 Å². The van der Waals surface area contributed by atoms with Crippen molar-refractivity contribution in [1.82, 2.24) is 0 Å². The van der Waals surface area contributed by atoms with Gasteiger partial charge in [-0.1, -0.05) is 18.2 Å². The van der Waals surface area contributed by atoms with Gasteiger partial charge in [-0.2, -0.15) is 0 Å². The molecule has 0 fully saturated rings. The van der Waals surface area contributed by atoms with Gasteiger partial charge in [0, 0.05) is 12.1 Å². The van der Waals surface area contributed by atoms with Crippen LogP contribution in [-0.2, 0) is 11.2 Å². The highest BCUT2D eigenvalue weighted by atomic mass is 16.7. The van der Waals surface area contributed by atoms with Crippen molar-refractivity contribution in [2.24, 2.45) is 0 Å². The maximum atomic E-state index is 13.2. The molecule has 1 amide bonds. The second-order valence-corrected chi connectivity index (χ2v) is 6.80. The van der Waals surface area contributed by atoms with Crippen LogP contribution in [0.2, 0.25) is 0 Å². The van der Waals surface area contributed by atoms with Crippen LogP contribution in [0.1, 0.15) is 22.7 Å². The van der Waals surface area contributed by atoms with Crippen LogP contribution in [-0.4, -0.2) is 33.4 Å². The number of rotatable bonds is 3. The van der Waals surface area contributed by atoms with Crippen LogP contribution in [0.4, 0.5) is 5.69 Å². The fourth-order valence-electron chi connectivity index (χ4n) is 3.80. The zero-order valence-electron chi connectivity index (χ0n) is 15.2. The molecule has 6 heteroatoms. The minimum absolute atomic E-state index is 0.0464. The number of benzene rings is 2. The molecule has 0 bridgehead atoms. The molecule has 2 atom stereocenters. The topological polar surface area (TPSA) is 61.2 Å². The van der Waals surface area contributed by atoms with Crippen molar-refractivity contribution in [2.45, 2.75) is 19.4 Å². The van der Waals surface area contributed by atoms with Crippen molar-refractivity contribution in [1.29, 1.82) is 0 Å². The van der Waals surface area contributed by atoms with E-state index in [9.17, 15) is 4.79 Å². The number of hydrogen-bond acceptors (Lipinski definition) is 4. The Labute approximate surface area is 152 Å². The number of para-hydroxylation sites is 1. The summed E-state index contributed by atoms with van der Waals surface area (Å²) in [5, 5.41) is 3.08. The van der Waals surface area contributed by atoms with Gasteiger partial charge in [-0.25, -0.2) is 0 Å². The Hall–Kier alpha value is -2.73. The molecule has 2 aromatic carbocycles. The van der Waals surface area contributed by atoms with E-state index in [0.29, 0.717) is 17.2 Å². The van der Waals surface area contributed by atoms with Crippen LogP contribution in [0, 0.1) is 6.92 Å². The summed E-state index contributed by atoms with van der Waals surface area (Å²) in [6.45, 7) is 3.03. The summed E-state index contributed by atoms with van der Waals surface area (Å²) in [6, 6.07) is 9.40. The molecule has 0 aromatic heterocycles. The lowest BCUT2D eigenvalue weighted by molar-refractivity contribution is -0.904. The highest BCUT2D eigenvalue weighted by Gasteiger charge is 2.40. The zero-order chi connectivity index (χ0) is 18.3. The summed E-state index contributed by atoms with van der Waals surface area (Å²) >= 11 is 0. The van der Waals surface area contributed by atoms with E-state index in [0.717, 1.165) is 40.2 Å². The Morgan fingerprint density at radius 2 is 2.12 bits per heavy atom. The molecule has 136 valence electrons. The average molecular weight is 355 g/mol. The van der Waals surface area contributed by atoms with E-state index in [4.69, 9.17) is 14.2 Å². The van der Waals surface area contributed by atoms with Crippen LogP contribution < -0.4 is 24.4 Å². The van der Waals surface area contributed by atoms with Gasteiger partial charge in [0.05, 0.1) is 26.3 Å². The standard InChI is InChI=1S/C20H22N2O4/c1-12-6-4-5-7-14(12)21-20(23)17-16-13(8-9-22(17)2)10-15-18(19(16)24-3)26-11-25-15/h4-7,10,17H,8-9,11H2,1-3H3,(H,21,23)/p+1/t17-/m0/s1. The van der Waals surface area contributed by atoms with E-state index < -0.39 is 0 Å². The maximum Gasteiger partial charge on any atom is 0.287 e. The maximum absolute atomic E-state index is 13.2. The molecule has 0 saturated heterocycles. The van der Waals surface area contributed by atoms with E-state index in [2.05, 4.69) is 5.32 Å². The zero-order valence-corrected chi connectivity index (χ0v) is 15.2. The summed E-state index contributed by atoms with van der Waals surface area (Å²) in [4.78, 5) is 14.3. The molecular weight excluding hydrogens is 332 g/mol. The molecule has 0 aliphatic carbocycles. The third kappa shape index (κ3) is 2.66. The number of amides is 1. The number of nitrogens with one attached hydrogen (secondary N) is 2. The monoisotopic (exact) mass is 355 g/mol. The van der Waals surface area contributed by atoms with Crippen LogP contribution >= 0.6 is 0 Å². The van der Waals surface area contributed by atoms with Crippen molar-refractivity contribution < 1.29 is 23.9 Å². The van der Waals surface area contributed by atoms with Gasteiger partial charge >= 0.3 is 0 Å². The van der Waals surface area contributed by atoms with Crippen molar-refractivity contribution in [2.75, 3.05) is 32.8 Å². The molecule has 2 heterocycles. The molecular formula is C20H23N2O4+. The summed E-state index contributed by atoms with van der Waals surface area (Å²) in [5.41, 5.74) is 3.84. The number of quaternary nitrogens is 1. The normalized spacial score (nSPS) is 20.4. The number of hydrogen-bond donors (Lipinski definition) is 2. The van der Waals surface area contributed by atoms with Gasteiger partial charge in [0.2, 0.25) is 12.5 Å². The highest BCUT2D eigenvalue weighted by molar-refractivity contribution is 5.96. The number of likely N-dealkylation sites (N-methyl/N-ethyl adjacent to an activating group) is 1. The molecule has 26 heavy (non-hydrogen) atoms. The molecule has 2 aliphatic heterocycles. The predicted molar refractivity (Wildman–Crippen MR) is 97.1 cm³/mol. The van der Waals surface area contributed by atoms with Crippen molar-refractivity contribution >= 4 is 11.6 Å². The number of methoxy groups -OCH3 is 1. The van der Waals surface area contributed by atoms with E-state index in [1.54, 1.807) is 7.11 Å². The van der Waals surface area contributed by atoms with Gasteiger partial charge in [-0.15, -0.1) is 0 Å². The Balaban J connectivity index is 1.76. The number of anilines is 1. The van der Waals surface area contributed by atoms with Gasteiger partial charge in [0.15, 0.2) is 17.5 Å². The first-order valence-corrected chi connectivity index (χ1v) is 8.78. The predicted octanol–water partition coefficient (Wildman–Crippen LogP) is 1.48. The third-order valence-corrected chi connectivity index (χ3v) is 5.18. The number of carbonyl (C=O) groups is 1. The van der Waals surface area contributed by atoms with Crippen LogP contribution in [0.25, 0.3) is 0 Å². The van der Waals surface area contributed by atoms with E-state index in [1.165, 1.54) is 0 Å². The SMILES string of the molecule is COc1c2c(cc3c1[C@@H](C(=O)Nc1ccccc1C)[NH+](C)CC3)OCO2. The number of carbonyl (C=O) groups excluding carboxylic acids is 1. The Kier molecular flexibility index (Phi) is 4.20. The van der Waals surface area contributed by atoms with Gasteiger partial charge in [-0.05, 0) is 30.2 Å². The van der Waals surface area contributed by atoms with Crippen molar-refractivity contribution in [3.8, 4) is 17.2 Å². The van der Waals surface area contributed by atoms with Gasteiger partial charge in [-0.3, -0.25) is 4.79 Å². The Bertz CT molecular complexity index is 865. The molecule has 2 aliphatic rings. The Morgan fingerprint density at radius 1 is 1.31 bits per heavy atom. The first-order chi connectivity index (χ1) is 12.6. The molecule has 0 spiro atoms. The minimum atomic E-state index is -0.372. The quantitative estimate of drug-likeness (QED) is 0.876. The molecule has 0 radical (unpaired) electrons. The van der Waals surface area contributed by atoms with Crippen molar-refractivity contribution in [3.05, 3.63) is 47.0 Å².